The minimum atomic E-state index is 0.640. The Morgan fingerprint density at radius 2 is 2.05 bits per heavy atom. The van der Waals surface area contributed by atoms with Crippen LogP contribution in [-0.2, 0) is 12.8 Å². The minimum absolute atomic E-state index is 0.640. The van der Waals surface area contributed by atoms with Crippen LogP contribution in [0.4, 0.5) is 5.82 Å². The molecule has 1 aliphatic heterocycles. The molecule has 3 rings (SSSR count). The summed E-state index contributed by atoms with van der Waals surface area (Å²) in [5, 5.41) is 0. The summed E-state index contributed by atoms with van der Waals surface area (Å²) in [6, 6.07) is 0.640. The Bertz CT molecular complexity index is 446. The number of nitrogens with zero attached hydrogens (tertiary/aromatic N) is 3. The van der Waals surface area contributed by atoms with E-state index < -0.39 is 0 Å². The monoisotopic (exact) mass is 274 g/mol. The highest BCUT2D eigenvalue weighted by Crippen LogP contribution is 2.32. The first-order valence-electron chi connectivity index (χ1n) is 8.19. The maximum atomic E-state index is 5.68. The molecule has 2 heterocycles. The van der Waals surface area contributed by atoms with E-state index in [2.05, 4.69) is 14.9 Å². The lowest BCUT2D eigenvalue weighted by Crippen LogP contribution is -2.31. The largest absolute Gasteiger partial charge is 0.353 e. The molecule has 1 atom stereocenters. The van der Waals surface area contributed by atoms with Gasteiger partial charge >= 0.3 is 0 Å². The van der Waals surface area contributed by atoms with Crippen molar-refractivity contribution < 1.29 is 0 Å². The van der Waals surface area contributed by atoms with Crippen molar-refractivity contribution >= 4 is 5.82 Å². The number of hydrogen-bond donors (Lipinski definition) is 1. The van der Waals surface area contributed by atoms with Gasteiger partial charge in [-0.3, -0.25) is 0 Å². The van der Waals surface area contributed by atoms with Crippen molar-refractivity contribution in [1.82, 2.24) is 9.97 Å². The van der Waals surface area contributed by atoms with Crippen LogP contribution in [0.25, 0.3) is 0 Å². The van der Waals surface area contributed by atoms with Crippen LogP contribution in [0.1, 0.15) is 56.2 Å². The quantitative estimate of drug-likeness (QED) is 0.857. The van der Waals surface area contributed by atoms with Gasteiger partial charge in [-0.15, -0.1) is 0 Å². The van der Waals surface area contributed by atoms with E-state index in [4.69, 9.17) is 5.73 Å². The molecular weight excluding hydrogens is 248 g/mol. The van der Waals surface area contributed by atoms with Gasteiger partial charge in [-0.05, 0) is 57.9 Å². The highest BCUT2D eigenvalue weighted by molar-refractivity contribution is 5.50. The third kappa shape index (κ3) is 2.80. The fraction of sp³-hybridized carbons (Fsp3) is 0.750. The zero-order valence-corrected chi connectivity index (χ0v) is 12.4. The number of rotatable bonds is 4. The van der Waals surface area contributed by atoms with Gasteiger partial charge in [0.25, 0.3) is 0 Å². The standard InChI is InChI=1S/C16H26N4/c17-10-4-6-13-7-5-11-20(13)16-14-8-2-1-3-9-15(14)18-12-19-16/h12-13H,1-11,17H2. The van der Waals surface area contributed by atoms with Gasteiger partial charge in [-0.1, -0.05) is 6.42 Å². The molecule has 0 saturated carbocycles. The maximum absolute atomic E-state index is 5.68. The number of nitrogens with two attached hydrogens (primary N) is 1. The van der Waals surface area contributed by atoms with Crippen molar-refractivity contribution in [2.24, 2.45) is 5.73 Å². The molecule has 0 aromatic carbocycles. The number of anilines is 1. The summed E-state index contributed by atoms with van der Waals surface area (Å²) in [7, 11) is 0. The first-order valence-corrected chi connectivity index (χ1v) is 8.19. The maximum Gasteiger partial charge on any atom is 0.135 e. The molecule has 1 aromatic rings. The molecule has 110 valence electrons. The normalized spacial score (nSPS) is 22.6. The zero-order valence-electron chi connectivity index (χ0n) is 12.4. The summed E-state index contributed by atoms with van der Waals surface area (Å²) in [6.07, 6.45) is 12.9. The van der Waals surface area contributed by atoms with E-state index in [1.54, 1.807) is 6.33 Å². The van der Waals surface area contributed by atoms with E-state index in [9.17, 15) is 0 Å². The number of aromatic nitrogens is 2. The van der Waals surface area contributed by atoms with Gasteiger partial charge in [-0.2, -0.15) is 0 Å². The van der Waals surface area contributed by atoms with Crippen LogP contribution < -0.4 is 10.6 Å². The van der Waals surface area contributed by atoms with Crippen molar-refractivity contribution in [2.75, 3.05) is 18.0 Å². The van der Waals surface area contributed by atoms with Crippen molar-refractivity contribution in [1.29, 1.82) is 0 Å². The number of hydrogen-bond acceptors (Lipinski definition) is 4. The van der Waals surface area contributed by atoms with Crippen LogP contribution in [0.15, 0.2) is 6.33 Å². The van der Waals surface area contributed by atoms with Crippen LogP contribution in [0.3, 0.4) is 0 Å². The van der Waals surface area contributed by atoms with E-state index in [-0.39, 0.29) is 0 Å². The molecule has 0 amide bonds. The van der Waals surface area contributed by atoms with Gasteiger partial charge in [0.1, 0.15) is 12.1 Å². The molecule has 0 bridgehead atoms. The summed E-state index contributed by atoms with van der Waals surface area (Å²) in [5.41, 5.74) is 8.42. The molecule has 4 nitrogen and oxygen atoms in total. The number of fused-ring (bicyclic) bond motifs is 1. The highest BCUT2D eigenvalue weighted by atomic mass is 15.2. The molecule has 1 unspecified atom stereocenters. The van der Waals surface area contributed by atoms with Gasteiger partial charge in [-0.25, -0.2) is 9.97 Å². The summed E-state index contributed by atoms with van der Waals surface area (Å²) in [4.78, 5) is 11.7. The van der Waals surface area contributed by atoms with Gasteiger partial charge in [0.15, 0.2) is 0 Å². The first-order chi connectivity index (χ1) is 9.90. The lowest BCUT2D eigenvalue weighted by atomic mass is 10.1. The Morgan fingerprint density at radius 1 is 1.15 bits per heavy atom. The van der Waals surface area contributed by atoms with E-state index in [1.165, 1.54) is 55.6 Å². The fourth-order valence-corrected chi connectivity index (χ4v) is 3.70. The Balaban J connectivity index is 1.85. The van der Waals surface area contributed by atoms with Gasteiger partial charge in [0.05, 0.1) is 0 Å². The predicted octanol–water partition coefficient (Wildman–Crippen LogP) is 2.45. The molecular formula is C16H26N4. The van der Waals surface area contributed by atoms with E-state index in [1.807, 2.05) is 0 Å². The lowest BCUT2D eigenvalue weighted by Gasteiger charge is -2.28. The van der Waals surface area contributed by atoms with E-state index in [0.29, 0.717) is 6.04 Å². The van der Waals surface area contributed by atoms with Crippen molar-refractivity contribution in [3.63, 3.8) is 0 Å². The number of aryl methyl sites for hydroxylation is 1. The van der Waals surface area contributed by atoms with Crippen LogP contribution in [0, 0.1) is 0 Å². The molecule has 20 heavy (non-hydrogen) atoms. The molecule has 0 spiro atoms. The Labute approximate surface area is 121 Å². The molecule has 1 fully saturated rings. The van der Waals surface area contributed by atoms with Crippen molar-refractivity contribution in [2.45, 2.75) is 63.8 Å². The second-order valence-electron chi connectivity index (χ2n) is 6.10. The molecule has 1 aliphatic carbocycles. The lowest BCUT2D eigenvalue weighted by molar-refractivity contribution is 0.580. The molecule has 2 N–H and O–H groups in total. The molecule has 1 saturated heterocycles. The van der Waals surface area contributed by atoms with E-state index in [0.717, 1.165) is 32.4 Å². The molecule has 0 radical (unpaired) electrons. The van der Waals surface area contributed by atoms with Gasteiger partial charge in [0, 0.05) is 23.8 Å². The SMILES string of the molecule is NCCCC1CCCN1c1ncnc2c1CCCCC2. The van der Waals surface area contributed by atoms with E-state index >= 15 is 0 Å². The summed E-state index contributed by atoms with van der Waals surface area (Å²) < 4.78 is 0. The predicted molar refractivity (Wildman–Crippen MR) is 81.9 cm³/mol. The third-order valence-corrected chi connectivity index (χ3v) is 4.74. The second kappa shape index (κ2) is 6.53. The summed E-state index contributed by atoms with van der Waals surface area (Å²) in [6.45, 7) is 1.95. The van der Waals surface area contributed by atoms with Crippen molar-refractivity contribution in [3.8, 4) is 0 Å². The smallest absolute Gasteiger partial charge is 0.135 e. The average Bonchev–Trinajstić information content (AvgIpc) is 2.80. The molecule has 4 heteroatoms. The van der Waals surface area contributed by atoms with Crippen LogP contribution >= 0.6 is 0 Å². The second-order valence-corrected chi connectivity index (χ2v) is 6.10. The summed E-state index contributed by atoms with van der Waals surface area (Å²) >= 11 is 0. The van der Waals surface area contributed by atoms with Crippen LogP contribution in [0.5, 0.6) is 0 Å². The average molecular weight is 274 g/mol. The van der Waals surface area contributed by atoms with Crippen LogP contribution in [-0.4, -0.2) is 29.1 Å². The Morgan fingerprint density at radius 3 is 2.95 bits per heavy atom. The van der Waals surface area contributed by atoms with Gasteiger partial charge in [0.2, 0.25) is 0 Å². The minimum Gasteiger partial charge on any atom is -0.353 e. The fourth-order valence-electron chi connectivity index (χ4n) is 3.70. The molecule has 1 aromatic heterocycles. The van der Waals surface area contributed by atoms with Crippen LogP contribution in [0.2, 0.25) is 0 Å². The van der Waals surface area contributed by atoms with Crippen molar-refractivity contribution in [3.05, 3.63) is 17.6 Å². The highest BCUT2D eigenvalue weighted by Gasteiger charge is 2.28. The zero-order chi connectivity index (χ0) is 13.8. The Hall–Kier alpha value is -1.16. The summed E-state index contributed by atoms with van der Waals surface area (Å²) in [5.74, 6) is 1.23. The Kier molecular flexibility index (Phi) is 4.51. The molecule has 2 aliphatic rings. The topological polar surface area (TPSA) is 55.0 Å². The first kappa shape index (κ1) is 13.8. The van der Waals surface area contributed by atoms with Gasteiger partial charge < -0.3 is 10.6 Å². The third-order valence-electron chi connectivity index (χ3n) is 4.74.